The highest BCUT2D eigenvalue weighted by molar-refractivity contribution is 9.10. The quantitative estimate of drug-likeness (QED) is 0.859. The van der Waals surface area contributed by atoms with E-state index >= 15 is 0 Å². The summed E-state index contributed by atoms with van der Waals surface area (Å²) in [5.74, 6) is -0.979. The lowest BCUT2D eigenvalue weighted by molar-refractivity contribution is -0.120. The Morgan fingerprint density at radius 1 is 1.47 bits per heavy atom. The van der Waals surface area contributed by atoms with Crippen LogP contribution in [0.1, 0.15) is 30.6 Å². The van der Waals surface area contributed by atoms with Crippen molar-refractivity contribution in [2.75, 3.05) is 0 Å². The van der Waals surface area contributed by atoms with Crippen LogP contribution in [0, 0.1) is 5.92 Å². The van der Waals surface area contributed by atoms with Gasteiger partial charge in [0.15, 0.2) is 0 Å². The van der Waals surface area contributed by atoms with Gasteiger partial charge >= 0.3 is 0 Å². The molecule has 2 amide bonds. The minimum Gasteiger partial charge on any atom is -0.368 e. The second-order valence-corrected chi connectivity index (χ2v) is 5.69. The van der Waals surface area contributed by atoms with Crippen LogP contribution in [-0.2, 0) is 4.79 Å². The van der Waals surface area contributed by atoms with Crippen LogP contribution in [0.4, 0.5) is 0 Å². The third kappa shape index (κ3) is 4.21. The summed E-state index contributed by atoms with van der Waals surface area (Å²) < 4.78 is 0.780. The second kappa shape index (κ2) is 6.91. The van der Waals surface area contributed by atoms with Gasteiger partial charge in [0, 0.05) is 4.47 Å². The largest absolute Gasteiger partial charge is 0.368 e. The summed E-state index contributed by atoms with van der Waals surface area (Å²) in [6, 6.07) is 4.23. The summed E-state index contributed by atoms with van der Waals surface area (Å²) in [7, 11) is 0. The summed E-state index contributed by atoms with van der Waals surface area (Å²) in [6.45, 7) is 3.79. The van der Waals surface area contributed by atoms with Crippen LogP contribution in [0.3, 0.4) is 0 Å². The number of nitrogens with one attached hydrogen (secondary N) is 1. The first-order valence-corrected chi connectivity index (χ1v) is 7.09. The van der Waals surface area contributed by atoms with Crippen molar-refractivity contribution in [2.24, 2.45) is 11.7 Å². The molecule has 0 saturated heterocycles. The van der Waals surface area contributed by atoms with E-state index in [1.54, 1.807) is 18.2 Å². The van der Waals surface area contributed by atoms with E-state index < -0.39 is 17.9 Å². The molecule has 1 aromatic carbocycles. The number of halogens is 2. The number of hydrogen-bond donors (Lipinski definition) is 2. The predicted molar refractivity (Wildman–Crippen MR) is 79.1 cm³/mol. The number of rotatable bonds is 5. The SMILES string of the molecule is CCC(C)C(NC(=O)c1ccc(Br)cc1Cl)C(N)=O. The molecule has 1 rings (SSSR count). The Kier molecular flexibility index (Phi) is 5.82. The molecule has 0 radical (unpaired) electrons. The zero-order valence-electron chi connectivity index (χ0n) is 10.7. The first kappa shape index (κ1) is 16.0. The van der Waals surface area contributed by atoms with Gasteiger partial charge in [0.2, 0.25) is 5.91 Å². The van der Waals surface area contributed by atoms with Crippen LogP contribution in [0.15, 0.2) is 22.7 Å². The van der Waals surface area contributed by atoms with Crippen LogP contribution >= 0.6 is 27.5 Å². The Labute approximate surface area is 125 Å². The van der Waals surface area contributed by atoms with Gasteiger partial charge in [-0.1, -0.05) is 47.8 Å². The average molecular weight is 348 g/mol. The highest BCUT2D eigenvalue weighted by Gasteiger charge is 2.24. The van der Waals surface area contributed by atoms with Crippen molar-refractivity contribution in [1.29, 1.82) is 0 Å². The van der Waals surface area contributed by atoms with Crippen LogP contribution in [0.25, 0.3) is 0 Å². The smallest absolute Gasteiger partial charge is 0.253 e. The number of nitrogens with two attached hydrogens (primary N) is 1. The molecule has 0 spiro atoms. The van der Waals surface area contributed by atoms with Crippen LogP contribution < -0.4 is 11.1 Å². The molecule has 0 aromatic heterocycles. The first-order valence-electron chi connectivity index (χ1n) is 5.92. The van der Waals surface area contributed by atoms with E-state index in [-0.39, 0.29) is 5.92 Å². The Balaban J connectivity index is 2.91. The molecular weight excluding hydrogens is 332 g/mol. The topological polar surface area (TPSA) is 72.2 Å². The molecule has 104 valence electrons. The molecule has 19 heavy (non-hydrogen) atoms. The highest BCUT2D eigenvalue weighted by atomic mass is 79.9. The number of carbonyl (C=O) groups is 2. The van der Waals surface area contributed by atoms with Gasteiger partial charge in [-0.15, -0.1) is 0 Å². The van der Waals surface area contributed by atoms with Crippen molar-refractivity contribution in [3.05, 3.63) is 33.3 Å². The summed E-state index contributed by atoms with van der Waals surface area (Å²) in [5, 5.41) is 2.95. The fourth-order valence-electron chi connectivity index (χ4n) is 1.62. The van der Waals surface area contributed by atoms with Crippen molar-refractivity contribution in [3.8, 4) is 0 Å². The van der Waals surface area contributed by atoms with Crippen LogP contribution in [0.5, 0.6) is 0 Å². The fraction of sp³-hybridized carbons (Fsp3) is 0.385. The molecule has 2 unspecified atom stereocenters. The van der Waals surface area contributed by atoms with Gasteiger partial charge in [-0.05, 0) is 24.1 Å². The lowest BCUT2D eigenvalue weighted by Gasteiger charge is -2.21. The van der Waals surface area contributed by atoms with E-state index in [9.17, 15) is 9.59 Å². The summed E-state index contributed by atoms with van der Waals surface area (Å²) >= 11 is 9.26. The molecule has 2 atom stereocenters. The highest BCUT2D eigenvalue weighted by Crippen LogP contribution is 2.21. The third-order valence-corrected chi connectivity index (χ3v) is 3.79. The minimum atomic E-state index is -0.697. The Hall–Kier alpha value is -1.07. The Bertz CT molecular complexity index is 494. The van der Waals surface area contributed by atoms with Crippen molar-refractivity contribution in [3.63, 3.8) is 0 Å². The van der Waals surface area contributed by atoms with Crippen molar-refractivity contribution >= 4 is 39.3 Å². The van der Waals surface area contributed by atoms with Crippen LogP contribution in [-0.4, -0.2) is 17.9 Å². The molecule has 6 heteroatoms. The van der Waals surface area contributed by atoms with E-state index in [0.717, 1.165) is 10.9 Å². The zero-order valence-corrected chi connectivity index (χ0v) is 13.1. The first-order chi connectivity index (χ1) is 8.86. The zero-order chi connectivity index (χ0) is 14.6. The van der Waals surface area contributed by atoms with Gasteiger partial charge < -0.3 is 11.1 Å². The molecule has 1 aromatic rings. The minimum absolute atomic E-state index is 0.0318. The molecular formula is C13H16BrClN2O2. The molecule has 3 N–H and O–H groups in total. The van der Waals surface area contributed by atoms with Gasteiger partial charge in [0.05, 0.1) is 10.6 Å². The molecule has 0 fully saturated rings. The van der Waals surface area contributed by atoms with E-state index in [1.165, 1.54) is 0 Å². The maximum absolute atomic E-state index is 12.1. The normalized spacial score (nSPS) is 13.7. The van der Waals surface area contributed by atoms with Gasteiger partial charge in [-0.25, -0.2) is 0 Å². The molecule has 0 bridgehead atoms. The van der Waals surface area contributed by atoms with Crippen molar-refractivity contribution in [1.82, 2.24) is 5.32 Å². The van der Waals surface area contributed by atoms with E-state index in [1.807, 2.05) is 13.8 Å². The van der Waals surface area contributed by atoms with Crippen molar-refractivity contribution < 1.29 is 9.59 Å². The molecule has 0 aliphatic heterocycles. The number of primary amides is 1. The van der Waals surface area contributed by atoms with E-state index in [2.05, 4.69) is 21.2 Å². The summed E-state index contributed by atoms with van der Waals surface area (Å²) in [5.41, 5.74) is 5.63. The van der Waals surface area contributed by atoms with Gasteiger partial charge in [0.25, 0.3) is 5.91 Å². The third-order valence-electron chi connectivity index (χ3n) is 2.98. The fourth-order valence-corrected chi connectivity index (χ4v) is 2.38. The molecule has 0 aliphatic carbocycles. The molecule has 0 aliphatic rings. The van der Waals surface area contributed by atoms with Gasteiger partial charge in [0.1, 0.15) is 6.04 Å². The predicted octanol–water partition coefficient (Wildman–Crippen LogP) is 2.73. The number of carbonyl (C=O) groups excluding carboxylic acids is 2. The van der Waals surface area contributed by atoms with Gasteiger partial charge in [-0.2, -0.15) is 0 Å². The number of hydrogen-bond acceptors (Lipinski definition) is 2. The Morgan fingerprint density at radius 2 is 2.11 bits per heavy atom. The molecule has 0 saturated carbocycles. The van der Waals surface area contributed by atoms with Crippen molar-refractivity contribution in [2.45, 2.75) is 26.3 Å². The Morgan fingerprint density at radius 3 is 2.58 bits per heavy atom. The van der Waals surface area contributed by atoms with E-state index in [4.69, 9.17) is 17.3 Å². The van der Waals surface area contributed by atoms with Gasteiger partial charge in [-0.3, -0.25) is 9.59 Å². The summed E-state index contributed by atoms with van der Waals surface area (Å²) in [4.78, 5) is 23.5. The number of benzene rings is 1. The average Bonchev–Trinajstić information content (AvgIpc) is 2.34. The summed E-state index contributed by atoms with van der Waals surface area (Å²) in [6.07, 6.45) is 0.738. The number of amides is 2. The maximum atomic E-state index is 12.1. The standard InChI is InChI=1S/C13H16BrClN2O2/c1-3-7(2)11(12(16)18)17-13(19)9-5-4-8(14)6-10(9)15/h4-7,11H,3H2,1-2H3,(H2,16,18)(H,17,19). The van der Waals surface area contributed by atoms with Crippen LogP contribution in [0.2, 0.25) is 5.02 Å². The lowest BCUT2D eigenvalue weighted by Crippen LogP contribution is -2.48. The monoisotopic (exact) mass is 346 g/mol. The van der Waals surface area contributed by atoms with E-state index in [0.29, 0.717) is 10.6 Å². The maximum Gasteiger partial charge on any atom is 0.253 e. The second-order valence-electron chi connectivity index (χ2n) is 4.36. The molecule has 0 heterocycles. The lowest BCUT2D eigenvalue weighted by atomic mass is 9.98. The molecule has 4 nitrogen and oxygen atoms in total.